The molecular weight excluding hydrogens is 502 g/mol. The first-order valence-electron chi connectivity index (χ1n) is 11.6. The van der Waals surface area contributed by atoms with E-state index in [1.165, 1.54) is 30.2 Å². The van der Waals surface area contributed by atoms with Gasteiger partial charge in [0.15, 0.2) is 0 Å². The summed E-state index contributed by atoms with van der Waals surface area (Å²) in [6.07, 6.45) is 1.37. The number of carbonyl (C=O) groups is 2. The van der Waals surface area contributed by atoms with E-state index in [4.69, 9.17) is 16.3 Å². The molecule has 2 aromatic rings. The maximum atomic E-state index is 13.7. The van der Waals surface area contributed by atoms with E-state index in [1.807, 2.05) is 58.9 Å². The van der Waals surface area contributed by atoms with Crippen LogP contribution in [0.3, 0.4) is 0 Å². The Kier molecular flexibility index (Phi) is 9.79. The molecule has 2 amide bonds. The fraction of sp³-hybridized carbons (Fsp3) is 0.462. The summed E-state index contributed by atoms with van der Waals surface area (Å²) in [5, 5.41) is 3.15. The average Bonchev–Trinajstić information content (AvgIpc) is 2.76. The van der Waals surface area contributed by atoms with Crippen molar-refractivity contribution >= 4 is 39.1 Å². The van der Waals surface area contributed by atoms with E-state index in [0.29, 0.717) is 12.2 Å². The van der Waals surface area contributed by atoms with Crippen LogP contribution in [0.2, 0.25) is 5.02 Å². The van der Waals surface area contributed by atoms with Gasteiger partial charge in [-0.25, -0.2) is 8.42 Å². The molecule has 10 heteroatoms. The number of hydrogen-bond acceptors (Lipinski definition) is 5. The van der Waals surface area contributed by atoms with Gasteiger partial charge in [0.05, 0.1) is 24.1 Å². The fourth-order valence-electron chi connectivity index (χ4n) is 3.69. The molecule has 0 aliphatic rings. The van der Waals surface area contributed by atoms with Gasteiger partial charge in [-0.1, -0.05) is 48.4 Å². The molecule has 1 N–H and O–H groups in total. The summed E-state index contributed by atoms with van der Waals surface area (Å²) in [6.45, 7) is 9.03. The summed E-state index contributed by atoms with van der Waals surface area (Å²) in [5.41, 5.74) is 1.61. The van der Waals surface area contributed by atoms with E-state index < -0.39 is 34.1 Å². The van der Waals surface area contributed by atoms with Crippen molar-refractivity contribution in [1.29, 1.82) is 0 Å². The molecule has 0 saturated heterocycles. The van der Waals surface area contributed by atoms with Crippen LogP contribution in [-0.2, 0) is 26.2 Å². The van der Waals surface area contributed by atoms with Gasteiger partial charge in [0, 0.05) is 12.1 Å². The molecule has 0 aliphatic carbocycles. The van der Waals surface area contributed by atoms with Gasteiger partial charge in [-0.05, 0) is 57.9 Å². The predicted molar refractivity (Wildman–Crippen MR) is 144 cm³/mol. The minimum Gasteiger partial charge on any atom is -0.495 e. The molecule has 0 bridgehead atoms. The molecule has 0 saturated carbocycles. The van der Waals surface area contributed by atoms with Crippen molar-refractivity contribution < 1.29 is 22.7 Å². The molecule has 0 aromatic heterocycles. The summed E-state index contributed by atoms with van der Waals surface area (Å²) < 4.78 is 31.6. The number of sulfonamides is 1. The SMILES string of the molecule is CC[C@@H](C(=O)NC(C)(C)C)N(Cc1ccc(C)cc1)C(=O)CN(c1ccc(OC)c(Cl)c1)S(C)(=O)=O. The van der Waals surface area contributed by atoms with Gasteiger partial charge >= 0.3 is 0 Å². The Balaban J connectivity index is 2.47. The molecule has 0 spiro atoms. The Morgan fingerprint density at radius 1 is 1.11 bits per heavy atom. The second-order valence-electron chi connectivity index (χ2n) is 9.76. The van der Waals surface area contributed by atoms with Crippen molar-refractivity contribution in [1.82, 2.24) is 10.2 Å². The topological polar surface area (TPSA) is 96.0 Å². The van der Waals surface area contributed by atoms with Gasteiger partial charge in [-0.2, -0.15) is 0 Å². The predicted octanol–water partition coefficient (Wildman–Crippen LogP) is 4.15. The standard InChI is InChI=1S/C26H36ClN3O5S/c1-8-22(25(32)28-26(3,4)5)29(16-19-11-9-18(2)10-12-19)24(31)17-30(36(7,33)34)20-13-14-23(35-6)21(27)15-20/h9-15,22H,8,16-17H2,1-7H3,(H,28,32)/t22-/m0/s1. The molecule has 198 valence electrons. The van der Waals surface area contributed by atoms with E-state index in [2.05, 4.69) is 5.32 Å². The van der Waals surface area contributed by atoms with Gasteiger partial charge in [0.2, 0.25) is 21.8 Å². The Hall–Kier alpha value is -2.78. The first kappa shape index (κ1) is 29.5. The number of benzene rings is 2. The number of hydrogen-bond donors (Lipinski definition) is 1. The van der Waals surface area contributed by atoms with Crippen molar-refractivity contribution in [3.63, 3.8) is 0 Å². The summed E-state index contributed by atoms with van der Waals surface area (Å²) in [7, 11) is -2.40. The summed E-state index contributed by atoms with van der Waals surface area (Å²) in [5.74, 6) is -0.432. The molecule has 2 rings (SSSR count). The van der Waals surface area contributed by atoms with E-state index in [0.717, 1.165) is 21.7 Å². The lowest BCUT2D eigenvalue weighted by Crippen LogP contribution is -2.55. The summed E-state index contributed by atoms with van der Waals surface area (Å²) in [6, 6.07) is 11.3. The Morgan fingerprint density at radius 3 is 2.19 bits per heavy atom. The van der Waals surface area contributed by atoms with Crippen LogP contribution in [-0.4, -0.2) is 56.6 Å². The molecule has 36 heavy (non-hydrogen) atoms. The number of aryl methyl sites for hydroxylation is 1. The van der Waals surface area contributed by atoms with Crippen molar-refractivity contribution in [2.45, 2.75) is 59.2 Å². The summed E-state index contributed by atoms with van der Waals surface area (Å²) >= 11 is 6.22. The lowest BCUT2D eigenvalue weighted by molar-refractivity contribution is -0.141. The van der Waals surface area contributed by atoms with E-state index in [1.54, 1.807) is 0 Å². The maximum absolute atomic E-state index is 13.7. The summed E-state index contributed by atoms with van der Waals surface area (Å²) in [4.78, 5) is 28.3. The Labute approximate surface area is 219 Å². The molecule has 0 heterocycles. The molecule has 0 aliphatic heterocycles. The van der Waals surface area contributed by atoms with Crippen molar-refractivity contribution in [2.24, 2.45) is 0 Å². The van der Waals surface area contributed by atoms with Crippen LogP contribution in [0.25, 0.3) is 0 Å². The second-order valence-corrected chi connectivity index (χ2v) is 12.1. The first-order chi connectivity index (χ1) is 16.7. The number of rotatable bonds is 10. The highest BCUT2D eigenvalue weighted by molar-refractivity contribution is 7.92. The normalized spacial score (nSPS) is 12.6. The number of ether oxygens (including phenoxy) is 1. The van der Waals surface area contributed by atoms with Crippen molar-refractivity contribution in [3.8, 4) is 5.75 Å². The van der Waals surface area contributed by atoms with Gasteiger partial charge in [-0.3, -0.25) is 13.9 Å². The van der Waals surface area contributed by atoms with Crippen LogP contribution < -0.4 is 14.4 Å². The number of methoxy groups -OCH3 is 1. The largest absolute Gasteiger partial charge is 0.495 e. The zero-order chi connectivity index (χ0) is 27.3. The second kappa shape index (κ2) is 12.0. The monoisotopic (exact) mass is 537 g/mol. The highest BCUT2D eigenvalue weighted by Crippen LogP contribution is 2.30. The van der Waals surface area contributed by atoms with Crippen LogP contribution in [0.1, 0.15) is 45.2 Å². The van der Waals surface area contributed by atoms with E-state index in [-0.39, 0.29) is 23.2 Å². The molecule has 8 nitrogen and oxygen atoms in total. The zero-order valence-electron chi connectivity index (χ0n) is 22.0. The van der Waals surface area contributed by atoms with E-state index >= 15 is 0 Å². The smallest absolute Gasteiger partial charge is 0.244 e. The van der Waals surface area contributed by atoms with E-state index in [9.17, 15) is 18.0 Å². The van der Waals surface area contributed by atoms with Gasteiger partial charge in [0.25, 0.3) is 0 Å². The number of halogens is 1. The first-order valence-corrected chi connectivity index (χ1v) is 13.9. The molecule has 0 unspecified atom stereocenters. The van der Waals surface area contributed by atoms with Gasteiger partial charge in [-0.15, -0.1) is 0 Å². The highest BCUT2D eigenvalue weighted by Gasteiger charge is 2.33. The lowest BCUT2D eigenvalue weighted by Gasteiger charge is -2.34. The van der Waals surface area contributed by atoms with Gasteiger partial charge in [0.1, 0.15) is 18.3 Å². The number of nitrogens with one attached hydrogen (secondary N) is 1. The number of anilines is 1. The van der Waals surface area contributed by atoms with Crippen LogP contribution in [0.15, 0.2) is 42.5 Å². The molecule has 0 fully saturated rings. The highest BCUT2D eigenvalue weighted by atomic mass is 35.5. The Morgan fingerprint density at radius 2 is 1.72 bits per heavy atom. The van der Waals surface area contributed by atoms with Crippen molar-refractivity contribution in [2.75, 3.05) is 24.2 Å². The third kappa shape index (κ3) is 8.13. The molecular formula is C26H36ClN3O5S. The Bertz CT molecular complexity index is 1180. The minimum absolute atomic E-state index is 0.149. The van der Waals surface area contributed by atoms with Crippen LogP contribution in [0, 0.1) is 6.92 Å². The van der Waals surface area contributed by atoms with Crippen LogP contribution >= 0.6 is 11.6 Å². The molecule has 2 aromatic carbocycles. The zero-order valence-corrected chi connectivity index (χ0v) is 23.5. The number of amides is 2. The minimum atomic E-state index is -3.86. The van der Waals surface area contributed by atoms with Crippen LogP contribution in [0.4, 0.5) is 5.69 Å². The third-order valence-corrected chi connectivity index (χ3v) is 6.90. The molecule has 1 atom stereocenters. The van der Waals surface area contributed by atoms with Gasteiger partial charge < -0.3 is 15.0 Å². The molecule has 0 radical (unpaired) electrons. The number of carbonyl (C=O) groups excluding carboxylic acids is 2. The average molecular weight is 538 g/mol. The fourth-order valence-corrected chi connectivity index (χ4v) is 4.78. The quantitative estimate of drug-likeness (QED) is 0.491. The lowest BCUT2D eigenvalue weighted by atomic mass is 10.1. The van der Waals surface area contributed by atoms with Crippen LogP contribution in [0.5, 0.6) is 5.75 Å². The number of nitrogens with zero attached hydrogens (tertiary/aromatic N) is 2. The maximum Gasteiger partial charge on any atom is 0.244 e. The third-order valence-electron chi connectivity index (χ3n) is 5.46. The van der Waals surface area contributed by atoms with Crippen molar-refractivity contribution in [3.05, 3.63) is 58.6 Å².